The lowest BCUT2D eigenvalue weighted by molar-refractivity contribution is -0.134. The number of carboxylic acids is 1. The number of aromatic nitrogens is 1. The number of benzene rings is 1. The number of para-hydroxylation sites is 1. The molecule has 0 radical (unpaired) electrons. The SMILES string of the molecule is O=C(O)CNc1ccc2cccc(F)c2n1. The minimum absolute atomic E-state index is 0.234. The molecule has 0 bridgehead atoms. The first-order valence-electron chi connectivity index (χ1n) is 4.68. The summed E-state index contributed by atoms with van der Waals surface area (Å²) in [5.74, 6) is -1.06. The highest BCUT2D eigenvalue weighted by Gasteiger charge is 2.03. The Morgan fingerprint density at radius 3 is 2.94 bits per heavy atom. The molecule has 0 amide bonds. The average Bonchev–Trinajstić information content (AvgIpc) is 2.27. The van der Waals surface area contributed by atoms with E-state index in [1.807, 2.05) is 0 Å². The Balaban J connectivity index is 2.35. The monoisotopic (exact) mass is 220 g/mol. The molecule has 0 saturated carbocycles. The zero-order valence-electron chi connectivity index (χ0n) is 8.27. The van der Waals surface area contributed by atoms with Crippen LogP contribution in [0.4, 0.5) is 10.2 Å². The van der Waals surface area contributed by atoms with Crippen molar-refractivity contribution in [2.75, 3.05) is 11.9 Å². The molecule has 82 valence electrons. The van der Waals surface area contributed by atoms with Gasteiger partial charge >= 0.3 is 5.97 Å². The second kappa shape index (κ2) is 4.14. The Kier molecular flexibility index (Phi) is 2.68. The van der Waals surface area contributed by atoms with Crippen LogP contribution in [0.15, 0.2) is 30.3 Å². The van der Waals surface area contributed by atoms with Crippen molar-refractivity contribution in [2.24, 2.45) is 0 Å². The summed E-state index contributed by atoms with van der Waals surface area (Å²) in [6, 6.07) is 7.96. The van der Waals surface area contributed by atoms with Gasteiger partial charge in [0.2, 0.25) is 0 Å². The van der Waals surface area contributed by atoms with Gasteiger partial charge in [-0.05, 0) is 18.2 Å². The van der Waals surface area contributed by atoms with Crippen LogP contribution in [0, 0.1) is 5.82 Å². The molecule has 2 rings (SSSR count). The van der Waals surface area contributed by atoms with Crippen molar-refractivity contribution in [3.05, 3.63) is 36.1 Å². The molecule has 0 fully saturated rings. The van der Waals surface area contributed by atoms with Gasteiger partial charge in [-0.2, -0.15) is 0 Å². The first-order valence-corrected chi connectivity index (χ1v) is 4.68. The largest absolute Gasteiger partial charge is 0.480 e. The third-order valence-corrected chi connectivity index (χ3v) is 2.09. The fourth-order valence-electron chi connectivity index (χ4n) is 1.38. The van der Waals surface area contributed by atoms with Crippen molar-refractivity contribution in [3.63, 3.8) is 0 Å². The highest BCUT2D eigenvalue weighted by molar-refractivity contribution is 5.81. The summed E-state index contributed by atoms with van der Waals surface area (Å²) in [5, 5.41) is 11.7. The van der Waals surface area contributed by atoms with Gasteiger partial charge in [0.05, 0.1) is 0 Å². The highest BCUT2D eigenvalue weighted by Crippen LogP contribution is 2.17. The normalized spacial score (nSPS) is 10.3. The molecule has 16 heavy (non-hydrogen) atoms. The zero-order valence-corrected chi connectivity index (χ0v) is 8.27. The quantitative estimate of drug-likeness (QED) is 0.828. The molecule has 0 saturated heterocycles. The number of rotatable bonds is 3. The molecule has 1 aromatic heterocycles. The van der Waals surface area contributed by atoms with E-state index in [4.69, 9.17) is 5.11 Å². The summed E-state index contributed by atoms with van der Waals surface area (Å²) in [6.45, 7) is -0.243. The van der Waals surface area contributed by atoms with Crippen LogP contribution in [0.2, 0.25) is 0 Å². The Morgan fingerprint density at radius 1 is 1.38 bits per heavy atom. The maximum absolute atomic E-state index is 13.4. The van der Waals surface area contributed by atoms with Crippen LogP contribution in [0.1, 0.15) is 0 Å². The van der Waals surface area contributed by atoms with Crippen LogP contribution in [0.5, 0.6) is 0 Å². The van der Waals surface area contributed by atoms with Gasteiger partial charge in [0, 0.05) is 5.39 Å². The van der Waals surface area contributed by atoms with Gasteiger partial charge in [0.1, 0.15) is 23.7 Å². The number of hydrogen-bond acceptors (Lipinski definition) is 3. The van der Waals surface area contributed by atoms with Gasteiger partial charge in [0.15, 0.2) is 0 Å². The molecule has 1 aromatic carbocycles. The molecule has 0 aliphatic rings. The Labute approximate surface area is 90.7 Å². The maximum Gasteiger partial charge on any atom is 0.322 e. The van der Waals surface area contributed by atoms with Gasteiger partial charge in [-0.1, -0.05) is 12.1 Å². The number of fused-ring (bicyclic) bond motifs is 1. The molecule has 5 heteroatoms. The van der Waals surface area contributed by atoms with Crippen molar-refractivity contribution in [1.82, 2.24) is 4.98 Å². The zero-order chi connectivity index (χ0) is 11.5. The number of carboxylic acid groups (broad SMARTS) is 1. The summed E-state index contributed by atoms with van der Waals surface area (Å²) in [6.07, 6.45) is 0. The van der Waals surface area contributed by atoms with E-state index in [1.165, 1.54) is 6.07 Å². The predicted molar refractivity (Wildman–Crippen MR) is 57.8 cm³/mol. The van der Waals surface area contributed by atoms with Crippen molar-refractivity contribution in [2.45, 2.75) is 0 Å². The Morgan fingerprint density at radius 2 is 2.19 bits per heavy atom. The number of hydrogen-bond donors (Lipinski definition) is 2. The van der Waals surface area contributed by atoms with Crippen molar-refractivity contribution < 1.29 is 14.3 Å². The molecule has 4 nitrogen and oxygen atoms in total. The molecule has 1 heterocycles. The molecular weight excluding hydrogens is 211 g/mol. The molecule has 2 N–H and O–H groups in total. The number of nitrogens with zero attached hydrogens (tertiary/aromatic N) is 1. The summed E-state index contributed by atoms with van der Waals surface area (Å²) in [5.41, 5.74) is 0.234. The van der Waals surface area contributed by atoms with E-state index in [0.29, 0.717) is 11.2 Å². The van der Waals surface area contributed by atoms with Gasteiger partial charge in [-0.3, -0.25) is 4.79 Å². The van der Waals surface area contributed by atoms with Gasteiger partial charge < -0.3 is 10.4 Å². The summed E-state index contributed by atoms with van der Waals surface area (Å²) >= 11 is 0. The lowest BCUT2D eigenvalue weighted by Gasteiger charge is -2.04. The fraction of sp³-hybridized carbons (Fsp3) is 0.0909. The van der Waals surface area contributed by atoms with E-state index < -0.39 is 11.8 Å². The fourth-order valence-corrected chi connectivity index (χ4v) is 1.38. The smallest absolute Gasteiger partial charge is 0.322 e. The van der Waals surface area contributed by atoms with E-state index in [9.17, 15) is 9.18 Å². The lowest BCUT2D eigenvalue weighted by Crippen LogP contribution is -2.13. The first-order chi connectivity index (χ1) is 7.66. The van der Waals surface area contributed by atoms with E-state index in [-0.39, 0.29) is 12.1 Å². The van der Waals surface area contributed by atoms with E-state index in [0.717, 1.165) is 0 Å². The van der Waals surface area contributed by atoms with Crippen LogP contribution in [-0.4, -0.2) is 22.6 Å². The Hall–Kier alpha value is -2.17. The number of pyridine rings is 1. The van der Waals surface area contributed by atoms with Gasteiger partial charge in [-0.15, -0.1) is 0 Å². The number of nitrogens with one attached hydrogen (secondary N) is 1. The maximum atomic E-state index is 13.4. The van der Waals surface area contributed by atoms with Gasteiger partial charge in [-0.25, -0.2) is 9.37 Å². The van der Waals surface area contributed by atoms with E-state index in [2.05, 4.69) is 10.3 Å². The lowest BCUT2D eigenvalue weighted by atomic mass is 10.2. The molecule has 0 spiro atoms. The standard InChI is InChI=1S/C11H9FN2O2/c12-8-3-1-2-7-4-5-9(14-11(7)8)13-6-10(15)16/h1-5H,6H2,(H,13,14)(H,15,16). The molecule has 2 aromatic rings. The van der Waals surface area contributed by atoms with E-state index >= 15 is 0 Å². The van der Waals surface area contributed by atoms with Gasteiger partial charge in [0.25, 0.3) is 0 Å². The van der Waals surface area contributed by atoms with Crippen LogP contribution in [0.25, 0.3) is 10.9 Å². The van der Waals surface area contributed by atoms with Crippen LogP contribution in [0.3, 0.4) is 0 Å². The summed E-state index contributed by atoms with van der Waals surface area (Å²) in [7, 11) is 0. The van der Waals surface area contributed by atoms with E-state index in [1.54, 1.807) is 24.3 Å². The number of anilines is 1. The van der Waals surface area contributed by atoms with Crippen LogP contribution >= 0.6 is 0 Å². The van der Waals surface area contributed by atoms with Crippen LogP contribution in [-0.2, 0) is 4.79 Å². The topological polar surface area (TPSA) is 62.2 Å². The van der Waals surface area contributed by atoms with Crippen molar-refractivity contribution in [1.29, 1.82) is 0 Å². The number of halogens is 1. The average molecular weight is 220 g/mol. The third kappa shape index (κ3) is 2.08. The third-order valence-electron chi connectivity index (χ3n) is 2.09. The summed E-state index contributed by atoms with van der Waals surface area (Å²) in [4.78, 5) is 14.3. The van der Waals surface area contributed by atoms with Crippen molar-refractivity contribution in [3.8, 4) is 0 Å². The highest BCUT2D eigenvalue weighted by atomic mass is 19.1. The number of aliphatic carboxylic acids is 1. The predicted octanol–water partition coefficient (Wildman–Crippen LogP) is 1.87. The molecule has 0 unspecified atom stereocenters. The molecule has 0 aliphatic carbocycles. The molecular formula is C11H9FN2O2. The molecule has 0 aliphatic heterocycles. The molecule has 0 atom stereocenters. The van der Waals surface area contributed by atoms with Crippen LogP contribution < -0.4 is 5.32 Å². The van der Waals surface area contributed by atoms with Crippen molar-refractivity contribution >= 4 is 22.7 Å². The Bertz CT molecular complexity index is 542. The summed E-state index contributed by atoms with van der Waals surface area (Å²) < 4.78 is 13.4. The second-order valence-electron chi connectivity index (χ2n) is 3.26. The second-order valence-corrected chi connectivity index (χ2v) is 3.26. The minimum Gasteiger partial charge on any atom is -0.480 e. The first kappa shape index (κ1) is 10.4. The minimum atomic E-state index is -0.990. The number of carbonyl (C=O) groups is 1.